The molecule has 1 amide bonds. The second-order valence-corrected chi connectivity index (χ2v) is 8.08. The molecule has 1 aromatic carbocycles. The zero-order valence-corrected chi connectivity index (χ0v) is 17.9. The second kappa shape index (κ2) is 8.20. The average Bonchev–Trinajstić information content (AvgIpc) is 3.43. The molecule has 1 atom stereocenters. The maximum absolute atomic E-state index is 12.8. The number of aromatic nitrogens is 5. The number of carbonyl (C=O) groups is 1. The minimum absolute atomic E-state index is 0.335. The van der Waals surface area contributed by atoms with E-state index in [1.807, 2.05) is 52.5 Å². The summed E-state index contributed by atoms with van der Waals surface area (Å²) in [5.41, 5.74) is 3.43. The van der Waals surface area contributed by atoms with Crippen LogP contribution in [-0.4, -0.2) is 30.1 Å². The molecule has 0 saturated carbocycles. The van der Waals surface area contributed by atoms with Crippen molar-refractivity contribution < 1.29 is 4.79 Å². The molecule has 0 bridgehead atoms. The molecule has 9 heteroatoms. The van der Waals surface area contributed by atoms with Crippen molar-refractivity contribution in [3.8, 4) is 22.5 Å². The molecular weight excluding hydrogens is 424 g/mol. The summed E-state index contributed by atoms with van der Waals surface area (Å²) in [6, 6.07) is 13.3. The standard InChI is InChI=1S/C23H18N6O2S/c1-15(29-21(30)9-8-19(27-29)17-3-2-10-24-13-17)22(31)25-18-6-4-16(5-7-18)20-14-28-11-12-32-23(28)26-20/h2-15H,1H3,(H,25,31). The summed E-state index contributed by atoms with van der Waals surface area (Å²) in [5, 5.41) is 9.21. The third-order valence-corrected chi connectivity index (χ3v) is 5.84. The number of carbonyl (C=O) groups excluding carboxylic acids is 1. The van der Waals surface area contributed by atoms with E-state index in [1.165, 1.54) is 10.7 Å². The summed E-state index contributed by atoms with van der Waals surface area (Å²) >= 11 is 1.57. The van der Waals surface area contributed by atoms with Gasteiger partial charge in [0, 0.05) is 53.0 Å². The van der Waals surface area contributed by atoms with Gasteiger partial charge in [-0.1, -0.05) is 12.1 Å². The Morgan fingerprint density at radius 2 is 1.91 bits per heavy atom. The number of amides is 1. The minimum atomic E-state index is -0.793. The summed E-state index contributed by atoms with van der Waals surface area (Å²) in [6.45, 7) is 1.64. The number of nitrogens with one attached hydrogen (secondary N) is 1. The number of fused-ring (bicyclic) bond motifs is 1. The van der Waals surface area contributed by atoms with E-state index in [0.29, 0.717) is 11.4 Å². The van der Waals surface area contributed by atoms with Crippen LogP contribution >= 0.6 is 11.3 Å². The highest BCUT2D eigenvalue weighted by atomic mass is 32.1. The fourth-order valence-electron chi connectivity index (χ4n) is 3.32. The first kappa shape index (κ1) is 19.8. The van der Waals surface area contributed by atoms with E-state index < -0.39 is 6.04 Å². The summed E-state index contributed by atoms with van der Waals surface area (Å²) in [5.74, 6) is -0.335. The lowest BCUT2D eigenvalue weighted by Gasteiger charge is -2.15. The first-order valence-electron chi connectivity index (χ1n) is 9.92. The van der Waals surface area contributed by atoms with E-state index in [0.717, 1.165) is 21.8 Å². The first-order chi connectivity index (χ1) is 15.6. The van der Waals surface area contributed by atoms with Crippen molar-refractivity contribution in [3.05, 3.63) is 89.1 Å². The second-order valence-electron chi connectivity index (χ2n) is 7.20. The monoisotopic (exact) mass is 442 g/mol. The predicted octanol–water partition coefficient (Wildman–Crippen LogP) is 3.88. The van der Waals surface area contributed by atoms with Crippen LogP contribution in [0.1, 0.15) is 13.0 Å². The first-order valence-corrected chi connectivity index (χ1v) is 10.8. The zero-order valence-electron chi connectivity index (χ0n) is 17.0. The van der Waals surface area contributed by atoms with Gasteiger partial charge in [-0.25, -0.2) is 9.67 Å². The Balaban J connectivity index is 1.33. The third-order valence-electron chi connectivity index (χ3n) is 5.07. The normalized spacial score (nSPS) is 12.0. The number of imidazole rings is 1. The third kappa shape index (κ3) is 3.81. The van der Waals surface area contributed by atoms with E-state index in [9.17, 15) is 9.59 Å². The van der Waals surface area contributed by atoms with Crippen molar-refractivity contribution in [2.75, 3.05) is 5.32 Å². The van der Waals surface area contributed by atoms with Gasteiger partial charge in [0.2, 0.25) is 5.91 Å². The molecule has 5 aromatic rings. The van der Waals surface area contributed by atoms with Gasteiger partial charge in [-0.3, -0.25) is 19.0 Å². The molecule has 4 aromatic heterocycles. The molecule has 32 heavy (non-hydrogen) atoms. The largest absolute Gasteiger partial charge is 0.324 e. The van der Waals surface area contributed by atoms with Gasteiger partial charge in [0.05, 0.1) is 11.4 Å². The van der Waals surface area contributed by atoms with Crippen molar-refractivity contribution >= 4 is 27.9 Å². The number of benzene rings is 1. The van der Waals surface area contributed by atoms with Crippen molar-refractivity contribution in [2.45, 2.75) is 13.0 Å². The van der Waals surface area contributed by atoms with Crippen LogP contribution in [0.2, 0.25) is 0 Å². The van der Waals surface area contributed by atoms with Gasteiger partial charge in [-0.15, -0.1) is 11.3 Å². The van der Waals surface area contributed by atoms with Gasteiger partial charge < -0.3 is 5.32 Å². The maximum Gasteiger partial charge on any atom is 0.267 e. The summed E-state index contributed by atoms with van der Waals surface area (Å²) in [7, 11) is 0. The van der Waals surface area contributed by atoms with Gasteiger partial charge in [0.25, 0.3) is 5.56 Å². The number of pyridine rings is 1. The Morgan fingerprint density at radius 3 is 2.66 bits per heavy atom. The average molecular weight is 443 g/mol. The van der Waals surface area contributed by atoms with Crippen LogP contribution in [0, 0.1) is 0 Å². The minimum Gasteiger partial charge on any atom is -0.324 e. The van der Waals surface area contributed by atoms with E-state index in [-0.39, 0.29) is 11.5 Å². The molecule has 0 aliphatic rings. The molecule has 0 aliphatic heterocycles. The topological polar surface area (TPSA) is 94.2 Å². The van der Waals surface area contributed by atoms with E-state index >= 15 is 0 Å². The highest BCUT2D eigenvalue weighted by Crippen LogP contribution is 2.23. The molecule has 158 valence electrons. The molecule has 4 heterocycles. The van der Waals surface area contributed by atoms with Crippen molar-refractivity contribution in [1.82, 2.24) is 24.1 Å². The molecule has 0 radical (unpaired) electrons. The van der Waals surface area contributed by atoms with Crippen LogP contribution in [0.15, 0.2) is 83.5 Å². The molecule has 8 nitrogen and oxygen atoms in total. The fraction of sp³-hybridized carbons (Fsp3) is 0.0870. The lowest BCUT2D eigenvalue weighted by molar-refractivity contribution is -0.119. The number of rotatable bonds is 5. The van der Waals surface area contributed by atoms with Crippen molar-refractivity contribution in [2.24, 2.45) is 0 Å². The van der Waals surface area contributed by atoms with Crippen LogP contribution in [0.4, 0.5) is 5.69 Å². The lowest BCUT2D eigenvalue weighted by atomic mass is 10.1. The van der Waals surface area contributed by atoms with E-state index in [2.05, 4.69) is 20.4 Å². The lowest BCUT2D eigenvalue weighted by Crippen LogP contribution is -2.33. The predicted molar refractivity (Wildman–Crippen MR) is 124 cm³/mol. The Morgan fingerprint density at radius 1 is 1.06 bits per heavy atom. The van der Waals surface area contributed by atoms with Gasteiger partial charge in [-0.2, -0.15) is 5.10 Å². The van der Waals surface area contributed by atoms with Gasteiger partial charge in [0.15, 0.2) is 4.96 Å². The van der Waals surface area contributed by atoms with Gasteiger partial charge in [-0.05, 0) is 37.3 Å². The Bertz CT molecular complexity index is 1420. The van der Waals surface area contributed by atoms with E-state index in [4.69, 9.17) is 0 Å². The quantitative estimate of drug-likeness (QED) is 0.446. The maximum atomic E-state index is 12.8. The van der Waals surface area contributed by atoms with Crippen LogP contribution in [0.3, 0.4) is 0 Å². The van der Waals surface area contributed by atoms with Gasteiger partial charge >= 0.3 is 0 Å². The SMILES string of the molecule is CC(C(=O)Nc1ccc(-c2cn3ccsc3n2)cc1)n1nc(-c2cccnc2)ccc1=O. The molecule has 0 spiro atoms. The molecule has 0 aliphatic carbocycles. The number of hydrogen-bond acceptors (Lipinski definition) is 6. The van der Waals surface area contributed by atoms with Crippen molar-refractivity contribution in [1.29, 1.82) is 0 Å². The molecule has 1 N–H and O–H groups in total. The molecule has 1 unspecified atom stereocenters. The summed E-state index contributed by atoms with van der Waals surface area (Å²) in [4.78, 5) is 34.8. The highest BCUT2D eigenvalue weighted by Gasteiger charge is 2.18. The summed E-state index contributed by atoms with van der Waals surface area (Å²) < 4.78 is 3.16. The van der Waals surface area contributed by atoms with Crippen LogP contribution in [0.25, 0.3) is 27.5 Å². The van der Waals surface area contributed by atoms with Crippen LogP contribution in [-0.2, 0) is 4.79 Å². The zero-order chi connectivity index (χ0) is 22.1. The Kier molecular flexibility index (Phi) is 5.08. The highest BCUT2D eigenvalue weighted by molar-refractivity contribution is 7.15. The smallest absolute Gasteiger partial charge is 0.267 e. The molecule has 0 fully saturated rings. The van der Waals surface area contributed by atoms with Crippen LogP contribution in [0.5, 0.6) is 0 Å². The van der Waals surface area contributed by atoms with Crippen LogP contribution < -0.4 is 10.9 Å². The molecule has 5 rings (SSSR count). The number of hydrogen-bond donors (Lipinski definition) is 1. The van der Waals surface area contributed by atoms with Crippen molar-refractivity contribution in [3.63, 3.8) is 0 Å². The molecular formula is C23H18N6O2S. The Hall–Kier alpha value is -4.11. The Labute approximate surface area is 186 Å². The summed E-state index contributed by atoms with van der Waals surface area (Å²) in [6.07, 6.45) is 7.25. The number of anilines is 1. The molecule has 0 saturated heterocycles. The number of nitrogens with zero attached hydrogens (tertiary/aromatic N) is 5. The fourth-order valence-corrected chi connectivity index (χ4v) is 4.02. The number of thiazole rings is 1. The van der Waals surface area contributed by atoms with Gasteiger partial charge in [0.1, 0.15) is 6.04 Å². The van der Waals surface area contributed by atoms with E-state index in [1.54, 1.807) is 42.8 Å².